The molecule has 0 aliphatic carbocycles. The number of amides is 1. The van der Waals surface area contributed by atoms with Gasteiger partial charge in [-0.05, 0) is 18.9 Å². The van der Waals surface area contributed by atoms with Crippen LogP contribution in [0.1, 0.15) is 23.9 Å². The van der Waals surface area contributed by atoms with E-state index in [0.717, 1.165) is 24.4 Å². The first-order valence-corrected chi connectivity index (χ1v) is 7.13. The summed E-state index contributed by atoms with van der Waals surface area (Å²) in [7, 11) is 1.80. The predicted octanol–water partition coefficient (Wildman–Crippen LogP) is 1.74. The van der Waals surface area contributed by atoms with E-state index in [1.807, 2.05) is 43.5 Å². The molecule has 2 aromatic rings. The molecule has 0 radical (unpaired) electrons. The summed E-state index contributed by atoms with van der Waals surface area (Å²) >= 11 is 0. The molecule has 2 N–H and O–H groups in total. The number of hydrogen-bond acceptors (Lipinski definition) is 3. The molecule has 1 heterocycles. The molecule has 0 saturated carbocycles. The topological polar surface area (TPSA) is 64.2 Å². The number of nitrogens with zero attached hydrogens (tertiary/aromatic N) is 3. The number of imidazole rings is 1. The number of hydrogen-bond donors (Lipinski definition) is 1. The lowest BCUT2D eigenvalue weighted by molar-refractivity contribution is -0.131. The molecule has 0 unspecified atom stereocenters. The lowest BCUT2D eigenvalue weighted by atomic mass is 10.1. The molecule has 0 bridgehead atoms. The molecular weight excluding hydrogens is 264 g/mol. The minimum absolute atomic E-state index is 0.0523. The monoisotopic (exact) mass is 286 g/mol. The summed E-state index contributed by atoms with van der Waals surface area (Å²) in [6, 6.07) is 8.87. The van der Waals surface area contributed by atoms with E-state index in [2.05, 4.69) is 9.55 Å². The SMILES string of the molecule is Cc1nccn1CCCN(C)C(=O)[C@H](N)c1ccccc1. The van der Waals surface area contributed by atoms with Gasteiger partial charge in [0.15, 0.2) is 0 Å². The van der Waals surface area contributed by atoms with Gasteiger partial charge in [-0.25, -0.2) is 4.98 Å². The number of likely N-dealkylation sites (N-methyl/N-ethyl adjacent to an activating group) is 1. The number of rotatable bonds is 6. The first-order chi connectivity index (χ1) is 10.1. The van der Waals surface area contributed by atoms with Gasteiger partial charge in [0, 0.05) is 32.5 Å². The fraction of sp³-hybridized carbons (Fsp3) is 0.375. The highest BCUT2D eigenvalue weighted by Gasteiger charge is 2.19. The van der Waals surface area contributed by atoms with Crippen molar-refractivity contribution in [1.29, 1.82) is 0 Å². The molecule has 2 rings (SSSR count). The molecule has 1 aromatic carbocycles. The van der Waals surface area contributed by atoms with Crippen molar-refractivity contribution in [3.05, 3.63) is 54.1 Å². The van der Waals surface area contributed by atoms with Crippen molar-refractivity contribution in [3.63, 3.8) is 0 Å². The van der Waals surface area contributed by atoms with E-state index < -0.39 is 6.04 Å². The molecule has 5 heteroatoms. The van der Waals surface area contributed by atoms with Crippen molar-refractivity contribution in [2.24, 2.45) is 5.73 Å². The van der Waals surface area contributed by atoms with Gasteiger partial charge in [-0.15, -0.1) is 0 Å². The van der Waals surface area contributed by atoms with Crippen molar-refractivity contribution in [1.82, 2.24) is 14.5 Å². The van der Waals surface area contributed by atoms with Crippen LogP contribution in [0.5, 0.6) is 0 Å². The molecule has 0 spiro atoms. The van der Waals surface area contributed by atoms with Gasteiger partial charge >= 0.3 is 0 Å². The van der Waals surface area contributed by atoms with E-state index in [0.29, 0.717) is 6.54 Å². The van der Waals surface area contributed by atoms with Crippen molar-refractivity contribution in [2.45, 2.75) is 25.9 Å². The van der Waals surface area contributed by atoms with Crippen LogP contribution in [0, 0.1) is 6.92 Å². The Morgan fingerprint density at radius 2 is 2.10 bits per heavy atom. The van der Waals surface area contributed by atoms with E-state index >= 15 is 0 Å². The summed E-state index contributed by atoms with van der Waals surface area (Å²) in [5, 5.41) is 0. The molecular formula is C16H22N4O. The minimum atomic E-state index is -0.591. The molecule has 1 amide bonds. The average Bonchev–Trinajstić information content (AvgIpc) is 2.92. The largest absolute Gasteiger partial charge is 0.344 e. The van der Waals surface area contributed by atoms with Gasteiger partial charge in [-0.1, -0.05) is 30.3 Å². The number of aryl methyl sites for hydroxylation is 2. The fourth-order valence-corrected chi connectivity index (χ4v) is 2.27. The third-order valence-corrected chi connectivity index (χ3v) is 3.62. The summed E-state index contributed by atoms with van der Waals surface area (Å²) in [5.41, 5.74) is 6.87. The third kappa shape index (κ3) is 3.92. The highest BCUT2D eigenvalue weighted by molar-refractivity contribution is 5.82. The number of carbonyl (C=O) groups is 1. The van der Waals surface area contributed by atoms with Crippen LogP contribution in [-0.4, -0.2) is 34.0 Å². The van der Waals surface area contributed by atoms with Gasteiger partial charge in [0.05, 0.1) is 0 Å². The Hall–Kier alpha value is -2.14. The van der Waals surface area contributed by atoms with Gasteiger partial charge < -0.3 is 15.2 Å². The molecule has 0 aliphatic heterocycles. The van der Waals surface area contributed by atoms with Crippen LogP contribution >= 0.6 is 0 Å². The average molecular weight is 286 g/mol. The summed E-state index contributed by atoms with van der Waals surface area (Å²) in [6.07, 6.45) is 4.61. The van der Waals surface area contributed by atoms with Crippen molar-refractivity contribution in [3.8, 4) is 0 Å². The molecule has 5 nitrogen and oxygen atoms in total. The summed E-state index contributed by atoms with van der Waals surface area (Å²) < 4.78 is 2.08. The van der Waals surface area contributed by atoms with Gasteiger partial charge in [0.25, 0.3) is 0 Å². The Bertz CT molecular complexity index is 579. The Morgan fingerprint density at radius 3 is 2.71 bits per heavy atom. The van der Waals surface area contributed by atoms with Crippen molar-refractivity contribution in [2.75, 3.05) is 13.6 Å². The fourth-order valence-electron chi connectivity index (χ4n) is 2.27. The highest BCUT2D eigenvalue weighted by Crippen LogP contribution is 2.12. The second-order valence-electron chi connectivity index (χ2n) is 5.17. The Labute approximate surface area is 125 Å². The Morgan fingerprint density at radius 1 is 1.38 bits per heavy atom. The first-order valence-electron chi connectivity index (χ1n) is 7.13. The molecule has 0 fully saturated rings. The normalized spacial score (nSPS) is 12.1. The molecule has 21 heavy (non-hydrogen) atoms. The smallest absolute Gasteiger partial charge is 0.243 e. The zero-order valence-corrected chi connectivity index (χ0v) is 12.6. The summed E-state index contributed by atoms with van der Waals surface area (Å²) in [4.78, 5) is 18.2. The van der Waals surface area contributed by atoms with Crippen LogP contribution < -0.4 is 5.73 Å². The maximum Gasteiger partial charge on any atom is 0.243 e. The molecule has 0 aliphatic rings. The second-order valence-corrected chi connectivity index (χ2v) is 5.17. The molecule has 112 valence electrons. The van der Waals surface area contributed by atoms with Gasteiger partial charge in [-0.2, -0.15) is 0 Å². The maximum atomic E-state index is 12.3. The Balaban J connectivity index is 1.84. The minimum Gasteiger partial charge on any atom is -0.344 e. The van der Waals surface area contributed by atoms with Crippen LogP contribution in [0.25, 0.3) is 0 Å². The van der Waals surface area contributed by atoms with E-state index in [-0.39, 0.29) is 5.91 Å². The van der Waals surface area contributed by atoms with E-state index in [1.54, 1.807) is 18.1 Å². The first kappa shape index (κ1) is 15.3. The molecule has 1 atom stereocenters. The van der Waals surface area contributed by atoms with Crippen LogP contribution in [0.2, 0.25) is 0 Å². The number of nitrogens with two attached hydrogens (primary N) is 1. The van der Waals surface area contributed by atoms with E-state index in [1.165, 1.54) is 0 Å². The zero-order valence-electron chi connectivity index (χ0n) is 12.6. The standard InChI is InChI=1S/C16H22N4O/c1-13-18-9-12-20(13)11-6-10-19(2)16(21)15(17)14-7-4-3-5-8-14/h3-5,7-9,12,15H,6,10-11,17H2,1-2H3/t15-/m1/s1. The summed E-state index contributed by atoms with van der Waals surface area (Å²) in [6.45, 7) is 3.50. The van der Waals surface area contributed by atoms with Gasteiger partial charge in [0.2, 0.25) is 5.91 Å². The molecule has 1 aromatic heterocycles. The summed E-state index contributed by atoms with van der Waals surface area (Å²) in [5.74, 6) is 0.938. The van der Waals surface area contributed by atoms with E-state index in [9.17, 15) is 4.79 Å². The lowest BCUT2D eigenvalue weighted by Gasteiger charge is -2.21. The Kier molecular flexibility index (Phi) is 5.11. The third-order valence-electron chi connectivity index (χ3n) is 3.62. The number of aromatic nitrogens is 2. The van der Waals surface area contributed by atoms with Gasteiger partial charge in [-0.3, -0.25) is 4.79 Å². The van der Waals surface area contributed by atoms with Crippen LogP contribution in [-0.2, 0) is 11.3 Å². The van der Waals surface area contributed by atoms with Crippen LogP contribution in [0.4, 0.5) is 0 Å². The number of benzene rings is 1. The quantitative estimate of drug-likeness (QED) is 0.879. The van der Waals surface area contributed by atoms with Crippen LogP contribution in [0.3, 0.4) is 0 Å². The maximum absolute atomic E-state index is 12.3. The predicted molar refractivity (Wildman–Crippen MR) is 82.6 cm³/mol. The van der Waals surface area contributed by atoms with E-state index in [4.69, 9.17) is 5.73 Å². The van der Waals surface area contributed by atoms with Gasteiger partial charge in [0.1, 0.15) is 11.9 Å². The highest BCUT2D eigenvalue weighted by atomic mass is 16.2. The second kappa shape index (κ2) is 7.04. The van der Waals surface area contributed by atoms with Crippen molar-refractivity contribution >= 4 is 5.91 Å². The van der Waals surface area contributed by atoms with Crippen molar-refractivity contribution < 1.29 is 4.79 Å². The molecule has 0 saturated heterocycles. The number of carbonyl (C=O) groups excluding carboxylic acids is 1. The lowest BCUT2D eigenvalue weighted by Crippen LogP contribution is -2.36. The zero-order chi connectivity index (χ0) is 15.2. The van der Waals surface area contributed by atoms with Crippen LogP contribution in [0.15, 0.2) is 42.7 Å².